The monoisotopic (exact) mass is 281 g/mol. The average Bonchev–Trinajstić information content (AvgIpc) is 2.92. The van der Waals surface area contributed by atoms with Crippen molar-refractivity contribution >= 4 is 22.8 Å². The van der Waals surface area contributed by atoms with Crippen LogP contribution in [-0.4, -0.2) is 19.7 Å². The minimum Gasteiger partial charge on any atom is -0.360 e. The molecule has 102 valence electrons. The number of nitrogens with zero attached hydrogens (tertiary/aromatic N) is 4. The van der Waals surface area contributed by atoms with Gasteiger partial charge in [-0.2, -0.15) is 5.10 Å². The second-order valence-corrected chi connectivity index (χ2v) is 5.37. The molecule has 0 saturated carbocycles. The van der Waals surface area contributed by atoms with E-state index in [1.807, 2.05) is 13.8 Å². The van der Waals surface area contributed by atoms with E-state index in [4.69, 9.17) is 0 Å². The molecule has 1 N–H and O–H groups in total. The van der Waals surface area contributed by atoms with Crippen molar-refractivity contribution in [2.24, 2.45) is 0 Å². The molecule has 0 bridgehead atoms. The molecule has 0 aliphatic heterocycles. The maximum atomic E-state index is 11.1. The fourth-order valence-electron chi connectivity index (χ4n) is 1.80. The first kappa shape index (κ1) is 13.5. The summed E-state index contributed by atoms with van der Waals surface area (Å²) in [5, 5.41) is 18.5. The minimum absolute atomic E-state index is 0.0400. The molecule has 2 heterocycles. The highest BCUT2D eigenvalue weighted by atomic mass is 32.1. The lowest BCUT2D eigenvalue weighted by molar-refractivity contribution is -0.384. The van der Waals surface area contributed by atoms with Crippen molar-refractivity contribution in [2.45, 2.75) is 33.4 Å². The summed E-state index contributed by atoms with van der Waals surface area (Å²) in [4.78, 5) is 15.7. The Kier molecular flexibility index (Phi) is 3.79. The van der Waals surface area contributed by atoms with Crippen molar-refractivity contribution in [2.75, 3.05) is 5.32 Å². The normalized spacial score (nSPS) is 10.9. The zero-order valence-corrected chi connectivity index (χ0v) is 11.8. The van der Waals surface area contributed by atoms with Crippen LogP contribution in [0.1, 0.15) is 30.5 Å². The largest absolute Gasteiger partial charge is 0.360 e. The van der Waals surface area contributed by atoms with Gasteiger partial charge in [0.1, 0.15) is 5.69 Å². The first-order valence-corrected chi connectivity index (χ1v) is 6.73. The number of hydrogen-bond acceptors (Lipinski definition) is 6. The van der Waals surface area contributed by atoms with Crippen LogP contribution in [0.25, 0.3) is 0 Å². The zero-order valence-electron chi connectivity index (χ0n) is 11.0. The molecule has 2 aromatic rings. The van der Waals surface area contributed by atoms with Crippen molar-refractivity contribution in [1.82, 2.24) is 14.8 Å². The van der Waals surface area contributed by atoms with Gasteiger partial charge in [-0.05, 0) is 20.8 Å². The van der Waals surface area contributed by atoms with E-state index in [1.54, 1.807) is 23.3 Å². The van der Waals surface area contributed by atoms with Gasteiger partial charge in [0.15, 0.2) is 0 Å². The van der Waals surface area contributed by atoms with E-state index in [0.717, 1.165) is 4.88 Å². The number of aromatic nitrogens is 3. The molecule has 2 rings (SSSR count). The van der Waals surface area contributed by atoms with Crippen molar-refractivity contribution in [1.29, 1.82) is 0 Å². The zero-order chi connectivity index (χ0) is 14.0. The van der Waals surface area contributed by atoms with Crippen LogP contribution in [0.15, 0.2) is 11.7 Å². The molecule has 8 heteroatoms. The van der Waals surface area contributed by atoms with Crippen molar-refractivity contribution in [3.05, 3.63) is 32.4 Å². The standard InChI is InChI=1S/C11H15N5O2S/c1-7(2)15-11(10(16(17)18)8(3)14-15)13-5-9-4-12-6-19-9/h4,6-7,13H,5H2,1-3H3. The van der Waals surface area contributed by atoms with Crippen LogP contribution < -0.4 is 5.32 Å². The lowest BCUT2D eigenvalue weighted by atomic mass is 10.3. The van der Waals surface area contributed by atoms with Crippen LogP contribution in [0, 0.1) is 17.0 Å². The van der Waals surface area contributed by atoms with Gasteiger partial charge in [-0.15, -0.1) is 11.3 Å². The SMILES string of the molecule is Cc1nn(C(C)C)c(NCc2cncs2)c1[N+](=O)[O-]. The number of nitro groups is 1. The maximum absolute atomic E-state index is 11.1. The average molecular weight is 281 g/mol. The van der Waals surface area contributed by atoms with Gasteiger partial charge >= 0.3 is 5.69 Å². The molecular formula is C11H15N5O2S. The number of rotatable bonds is 5. The lowest BCUT2D eigenvalue weighted by Gasteiger charge is -2.11. The number of hydrogen-bond donors (Lipinski definition) is 1. The first-order chi connectivity index (χ1) is 9.00. The molecule has 0 radical (unpaired) electrons. The summed E-state index contributed by atoms with van der Waals surface area (Å²) in [5.74, 6) is 0.450. The van der Waals surface area contributed by atoms with Crippen molar-refractivity contribution < 1.29 is 4.92 Å². The minimum atomic E-state index is -0.393. The van der Waals surface area contributed by atoms with Gasteiger partial charge in [0, 0.05) is 17.1 Å². The van der Waals surface area contributed by atoms with Gasteiger partial charge in [0.05, 0.1) is 17.0 Å². The third kappa shape index (κ3) is 2.73. The maximum Gasteiger partial charge on any atom is 0.333 e. The van der Waals surface area contributed by atoms with Gasteiger partial charge in [-0.25, -0.2) is 4.68 Å². The van der Waals surface area contributed by atoms with Crippen LogP contribution in [0.4, 0.5) is 11.5 Å². The van der Waals surface area contributed by atoms with Crippen LogP contribution in [0.3, 0.4) is 0 Å². The molecule has 0 saturated heterocycles. The summed E-state index contributed by atoms with van der Waals surface area (Å²) < 4.78 is 1.65. The second kappa shape index (κ2) is 5.35. The van der Waals surface area contributed by atoms with E-state index < -0.39 is 4.92 Å². The Balaban J connectivity index is 2.32. The van der Waals surface area contributed by atoms with Crippen LogP contribution in [0.2, 0.25) is 0 Å². The van der Waals surface area contributed by atoms with E-state index in [0.29, 0.717) is 18.1 Å². The Hall–Kier alpha value is -1.96. The van der Waals surface area contributed by atoms with Crippen molar-refractivity contribution in [3.8, 4) is 0 Å². The molecule has 0 aliphatic carbocycles. The molecule has 0 aliphatic rings. The number of aryl methyl sites for hydroxylation is 1. The van der Waals surface area contributed by atoms with Gasteiger partial charge in [-0.3, -0.25) is 15.1 Å². The van der Waals surface area contributed by atoms with Crippen LogP contribution >= 0.6 is 11.3 Å². The molecule has 19 heavy (non-hydrogen) atoms. The molecule has 0 atom stereocenters. The Morgan fingerprint density at radius 2 is 2.32 bits per heavy atom. The fraction of sp³-hybridized carbons (Fsp3) is 0.455. The van der Waals surface area contributed by atoms with Gasteiger partial charge in [0.25, 0.3) is 0 Å². The fourth-order valence-corrected chi connectivity index (χ4v) is 2.33. The Morgan fingerprint density at radius 1 is 1.58 bits per heavy atom. The number of anilines is 1. The predicted molar refractivity (Wildman–Crippen MR) is 73.4 cm³/mol. The first-order valence-electron chi connectivity index (χ1n) is 5.85. The van der Waals surface area contributed by atoms with Crippen molar-refractivity contribution in [3.63, 3.8) is 0 Å². The molecule has 2 aromatic heterocycles. The third-order valence-corrected chi connectivity index (χ3v) is 3.42. The number of thiazole rings is 1. The van der Waals surface area contributed by atoms with E-state index in [-0.39, 0.29) is 11.7 Å². The quantitative estimate of drug-likeness (QED) is 0.672. The van der Waals surface area contributed by atoms with E-state index in [1.165, 1.54) is 11.3 Å². The highest BCUT2D eigenvalue weighted by Crippen LogP contribution is 2.31. The van der Waals surface area contributed by atoms with Crippen LogP contribution in [0.5, 0.6) is 0 Å². The smallest absolute Gasteiger partial charge is 0.333 e. The van der Waals surface area contributed by atoms with Gasteiger partial charge < -0.3 is 5.32 Å². The Morgan fingerprint density at radius 3 is 2.84 bits per heavy atom. The Bertz CT molecular complexity index is 576. The van der Waals surface area contributed by atoms with E-state index >= 15 is 0 Å². The highest BCUT2D eigenvalue weighted by molar-refractivity contribution is 7.09. The van der Waals surface area contributed by atoms with Gasteiger partial charge in [-0.1, -0.05) is 0 Å². The summed E-state index contributed by atoms with van der Waals surface area (Å²) >= 11 is 1.50. The van der Waals surface area contributed by atoms with Crippen LogP contribution in [-0.2, 0) is 6.54 Å². The molecular weight excluding hydrogens is 266 g/mol. The topological polar surface area (TPSA) is 85.9 Å². The predicted octanol–water partition coefficient (Wildman–Crippen LogP) is 2.75. The molecule has 0 aromatic carbocycles. The number of nitrogens with one attached hydrogen (secondary N) is 1. The Labute approximate surface area is 114 Å². The molecule has 0 amide bonds. The summed E-state index contributed by atoms with van der Waals surface area (Å²) in [6.07, 6.45) is 1.74. The van der Waals surface area contributed by atoms with Gasteiger partial charge in [0.2, 0.25) is 5.82 Å². The van der Waals surface area contributed by atoms with E-state index in [9.17, 15) is 10.1 Å². The molecule has 0 fully saturated rings. The third-order valence-electron chi connectivity index (χ3n) is 2.64. The lowest BCUT2D eigenvalue weighted by Crippen LogP contribution is -2.10. The molecule has 0 unspecified atom stereocenters. The molecule has 0 spiro atoms. The highest BCUT2D eigenvalue weighted by Gasteiger charge is 2.26. The van der Waals surface area contributed by atoms with E-state index in [2.05, 4.69) is 15.4 Å². The second-order valence-electron chi connectivity index (χ2n) is 4.40. The summed E-state index contributed by atoms with van der Waals surface area (Å²) in [7, 11) is 0. The summed E-state index contributed by atoms with van der Waals surface area (Å²) in [5.41, 5.74) is 2.19. The summed E-state index contributed by atoms with van der Waals surface area (Å²) in [6, 6.07) is 0.0522. The summed E-state index contributed by atoms with van der Waals surface area (Å²) in [6.45, 7) is 6.03. The molecule has 7 nitrogen and oxygen atoms in total.